The van der Waals surface area contributed by atoms with Crippen molar-refractivity contribution in [1.29, 1.82) is 5.26 Å². The molecule has 0 aliphatic carbocycles. The predicted octanol–water partition coefficient (Wildman–Crippen LogP) is 2.57. The molecule has 1 atom stereocenters. The fourth-order valence-corrected chi connectivity index (χ4v) is 2.07. The summed E-state index contributed by atoms with van der Waals surface area (Å²) in [7, 11) is 1.66. The molecule has 0 bridgehead atoms. The summed E-state index contributed by atoms with van der Waals surface area (Å²) < 4.78 is 11.1. The van der Waals surface area contributed by atoms with Gasteiger partial charge in [0.25, 0.3) is 5.91 Å². The van der Waals surface area contributed by atoms with Gasteiger partial charge in [0, 0.05) is 13.6 Å². The Morgan fingerprint density at radius 3 is 2.83 bits per heavy atom. The highest BCUT2D eigenvalue weighted by Gasteiger charge is 2.16. The highest BCUT2D eigenvalue weighted by atomic mass is 16.5. The quantitative estimate of drug-likeness (QED) is 0.844. The number of furan rings is 1. The van der Waals surface area contributed by atoms with E-state index in [1.54, 1.807) is 50.4 Å². The van der Waals surface area contributed by atoms with E-state index in [9.17, 15) is 9.90 Å². The highest BCUT2D eigenvalue weighted by molar-refractivity contribution is 5.91. The SMILES string of the molecule is CC(O)CCN(C)C(=O)c1ccc(COc2ccccc2C#N)o1. The Morgan fingerprint density at radius 2 is 2.12 bits per heavy atom. The van der Waals surface area contributed by atoms with Crippen molar-refractivity contribution in [2.45, 2.75) is 26.1 Å². The fourth-order valence-electron chi connectivity index (χ4n) is 2.07. The summed E-state index contributed by atoms with van der Waals surface area (Å²) in [6.07, 6.45) is 0.0464. The third-order valence-electron chi connectivity index (χ3n) is 3.48. The number of hydrogen-bond acceptors (Lipinski definition) is 5. The van der Waals surface area contributed by atoms with Crippen LogP contribution in [0.15, 0.2) is 40.8 Å². The Morgan fingerprint density at radius 1 is 1.38 bits per heavy atom. The van der Waals surface area contributed by atoms with Crippen molar-refractivity contribution >= 4 is 5.91 Å². The number of nitriles is 1. The van der Waals surface area contributed by atoms with Gasteiger partial charge in [0.1, 0.15) is 24.2 Å². The number of nitrogens with zero attached hydrogens (tertiary/aromatic N) is 2. The molecule has 0 radical (unpaired) electrons. The maximum atomic E-state index is 12.2. The molecule has 2 rings (SSSR count). The first-order chi connectivity index (χ1) is 11.5. The zero-order chi connectivity index (χ0) is 17.5. The average molecular weight is 328 g/mol. The zero-order valence-corrected chi connectivity index (χ0v) is 13.7. The van der Waals surface area contributed by atoms with E-state index in [1.165, 1.54) is 4.90 Å². The molecule has 24 heavy (non-hydrogen) atoms. The van der Waals surface area contributed by atoms with Crippen LogP contribution >= 0.6 is 0 Å². The van der Waals surface area contributed by atoms with Crippen LogP contribution in [0.25, 0.3) is 0 Å². The molecule has 1 unspecified atom stereocenters. The molecule has 0 saturated carbocycles. The maximum absolute atomic E-state index is 12.2. The van der Waals surface area contributed by atoms with Crippen LogP contribution in [-0.2, 0) is 6.61 Å². The number of carbonyl (C=O) groups excluding carboxylic acids is 1. The molecule has 1 amide bonds. The molecule has 1 heterocycles. The second-order valence-electron chi connectivity index (χ2n) is 5.53. The summed E-state index contributed by atoms with van der Waals surface area (Å²) in [4.78, 5) is 13.7. The number of amides is 1. The van der Waals surface area contributed by atoms with Gasteiger partial charge in [-0.2, -0.15) is 5.26 Å². The van der Waals surface area contributed by atoms with Gasteiger partial charge in [-0.25, -0.2) is 0 Å². The lowest BCUT2D eigenvalue weighted by Gasteiger charge is -2.16. The molecule has 2 aromatic rings. The summed E-state index contributed by atoms with van der Waals surface area (Å²) in [5, 5.41) is 18.3. The van der Waals surface area contributed by atoms with E-state index < -0.39 is 6.10 Å². The number of para-hydroxylation sites is 1. The summed E-state index contributed by atoms with van der Waals surface area (Å²) in [5.74, 6) is 0.933. The van der Waals surface area contributed by atoms with Gasteiger partial charge < -0.3 is 19.2 Å². The number of aliphatic hydroxyl groups excluding tert-OH is 1. The van der Waals surface area contributed by atoms with Crippen molar-refractivity contribution < 1.29 is 19.1 Å². The van der Waals surface area contributed by atoms with E-state index in [0.29, 0.717) is 30.0 Å². The molecule has 6 heteroatoms. The first-order valence-corrected chi connectivity index (χ1v) is 7.65. The lowest BCUT2D eigenvalue weighted by atomic mass is 10.2. The van der Waals surface area contributed by atoms with E-state index in [2.05, 4.69) is 6.07 Å². The van der Waals surface area contributed by atoms with Crippen molar-refractivity contribution in [3.8, 4) is 11.8 Å². The molecule has 126 valence electrons. The van der Waals surface area contributed by atoms with Crippen molar-refractivity contribution in [3.05, 3.63) is 53.5 Å². The number of carbonyl (C=O) groups is 1. The third kappa shape index (κ3) is 4.61. The predicted molar refractivity (Wildman–Crippen MR) is 87.5 cm³/mol. The molecule has 0 saturated heterocycles. The summed E-state index contributed by atoms with van der Waals surface area (Å²) >= 11 is 0. The van der Waals surface area contributed by atoms with Gasteiger partial charge in [-0.05, 0) is 37.6 Å². The second kappa shape index (κ2) is 8.18. The zero-order valence-electron chi connectivity index (χ0n) is 13.7. The first kappa shape index (κ1) is 17.6. The Labute approximate surface area is 140 Å². The molecule has 0 spiro atoms. The number of hydrogen-bond donors (Lipinski definition) is 1. The summed E-state index contributed by atoms with van der Waals surface area (Å²) in [6, 6.07) is 12.2. The maximum Gasteiger partial charge on any atom is 0.289 e. The minimum absolute atomic E-state index is 0.128. The average Bonchev–Trinajstić information content (AvgIpc) is 3.06. The van der Waals surface area contributed by atoms with Gasteiger partial charge in [-0.15, -0.1) is 0 Å². The number of ether oxygens (including phenoxy) is 1. The van der Waals surface area contributed by atoms with Crippen molar-refractivity contribution in [2.24, 2.45) is 0 Å². The van der Waals surface area contributed by atoms with Gasteiger partial charge in [0.15, 0.2) is 5.76 Å². The largest absolute Gasteiger partial charge is 0.484 e. The lowest BCUT2D eigenvalue weighted by Crippen LogP contribution is -2.29. The molecule has 1 aromatic heterocycles. The minimum Gasteiger partial charge on any atom is -0.484 e. The van der Waals surface area contributed by atoms with E-state index in [0.717, 1.165) is 0 Å². The Kier molecular flexibility index (Phi) is 5.99. The van der Waals surface area contributed by atoms with Crippen LogP contribution in [0.3, 0.4) is 0 Å². The standard InChI is InChI=1S/C18H20N2O4/c1-13(21)9-10-20(2)18(22)17-8-7-15(24-17)12-23-16-6-4-3-5-14(16)11-19/h3-8,13,21H,9-10,12H2,1-2H3. The molecule has 1 N–H and O–H groups in total. The molecular formula is C18H20N2O4. The summed E-state index contributed by atoms with van der Waals surface area (Å²) in [6.45, 7) is 2.25. The Bertz CT molecular complexity index is 731. The van der Waals surface area contributed by atoms with Gasteiger partial charge in [0.2, 0.25) is 0 Å². The highest BCUT2D eigenvalue weighted by Crippen LogP contribution is 2.19. The Balaban J connectivity index is 1.95. The third-order valence-corrected chi connectivity index (χ3v) is 3.48. The van der Waals surface area contributed by atoms with Crippen molar-refractivity contribution in [1.82, 2.24) is 4.90 Å². The molecule has 6 nitrogen and oxygen atoms in total. The monoisotopic (exact) mass is 328 g/mol. The van der Waals surface area contributed by atoms with Crippen LogP contribution in [0.4, 0.5) is 0 Å². The second-order valence-corrected chi connectivity index (χ2v) is 5.53. The van der Waals surface area contributed by atoms with Gasteiger partial charge in [-0.3, -0.25) is 4.79 Å². The van der Waals surface area contributed by atoms with Gasteiger partial charge in [-0.1, -0.05) is 12.1 Å². The molecule has 0 aliphatic heterocycles. The number of rotatable bonds is 7. The van der Waals surface area contributed by atoms with Crippen LogP contribution in [-0.4, -0.2) is 35.6 Å². The van der Waals surface area contributed by atoms with Crippen molar-refractivity contribution in [3.63, 3.8) is 0 Å². The van der Waals surface area contributed by atoms with E-state index >= 15 is 0 Å². The molecular weight excluding hydrogens is 308 g/mol. The fraction of sp³-hybridized carbons (Fsp3) is 0.333. The van der Waals surface area contributed by atoms with Crippen LogP contribution in [0, 0.1) is 11.3 Å². The van der Waals surface area contributed by atoms with Crippen LogP contribution < -0.4 is 4.74 Å². The Hall–Kier alpha value is -2.78. The van der Waals surface area contributed by atoms with E-state index in [-0.39, 0.29) is 18.3 Å². The topological polar surface area (TPSA) is 86.7 Å². The number of benzene rings is 1. The van der Waals surface area contributed by atoms with Gasteiger partial charge in [0.05, 0.1) is 11.7 Å². The van der Waals surface area contributed by atoms with E-state index in [1.807, 2.05) is 0 Å². The van der Waals surface area contributed by atoms with Crippen molar-refractivity contribution in [2.75, 3.05) is 13.6 Å². The molecule has 1 aromatic carbocycles. The van der Waals surface area contributed by atoms with E-state index in [4.69, 9.17) is 14.4 Å². The molecule has 0 aliphatic rings. The molecule has 0 fully saturated rings. The number of aliphatic hydroxyl groups is 1. The normalized spacial score (nSPS) is 11.6. The summed E-state index contributed by atoms with van der Waals surface area (Å²) in [5.41, 5.74) is 0.443. The van der Waals surface area contributed by atoms with Crippen LogP contribution in [0.1, 0.15) is 35.2 Å². The van der Waals surface area contributed by atoms with Crippen LogP contribution in [0.2, 0.25) is 0 Å². The first-order valence-electron chi connectivity index (χ1n) is 7.65. The minimum atomic E-state index is -0.457. The smallest absolute Gasteiger partial charge is 0.289 e. The van der Waals surface area contributed by atoms with Gasteiger partial charge >= 0.3 is 0 Å². The lowest BCUT2D eigenvalue weighted by molar-refractivity contribution is 0.0734. The van der Waals surface area contributed by atoms with Crippen LogP contribution in [0.5, 0.6) is 5.75 Å².